The van der Waals surface area contributed by atoms with Crippen molar-refractivity contribution in [3.8, 4) is 5.75 Å². The molecule has 0 bridgehead atoms. The maximum atomic E-state index is 11.9. The lowest BCUT2D eigenvalue weighted by Gasteiger charge is -2.29. The van der Waals surface area contributed by atoms with Crippen LogP contribution in [-0.4, -0.2) is 25.2 Å². The van der Waals surface area contributed by atoms with E-state index in [1.807, 2.05) is 13.0 Å². The van der Waals surface area contributed by atoms with Crippen LogP contribution in [0.4, 0.5) is 5.69 Å². The summed E-state index contributed by atoms with van der Waals surface area (Å²) in [6.07, 6.45) is 5.00. The van der Waals surface area contributed by atoms with Gasteiger partial charge >= 0.3 is 5.97 Å². The standard InChI is InChI=1S/C17H23NO3/c1-2-20-17(19)13-4-3-5-14(11-13)18-15-6-7-16-12(10-15)8-9-21-16/h6-7,10,13-14,18H,2-5,8-9,11H2,1H3. The van der Waals surface area contributed by atoms with Gasteiger partial charge in [0.1, 0.15) is 5.75 Å². The number of anilines is 1. The van der Waals surface area contributed by atoms with Crippen molar-refractivity contribution in [2.75, 3.05) is 18.5 Å². The number of carbonyl (C=O) groups excluding carboxylic acids is 1. The minimum absolute atomic E-state index is 0.0358. The summed E-state index contributed by atoms with van der Waals surface area (Å²) in [7, 11) is 0. The zero-order valence-electron chi connectivity index (χ0n) is 12.6. The second-order valence-electron chi connectivity index (χ2n) is 5.88. The average molecular weight is 289 g/mol. The first-order chi connectivity index (χ1) is 10.3. The van der Waals surface area contributed by atoms with E-state index in [0.717, 1.165) is 50.1 Å². The van der Waals surface area contributed by atoms with E-state index in [1.165, 1.54) is 5.56 Å². The molecule has 1 fully saturated rings. The minimum atomic E-state index is -0.0358. The highest BCUT2D eigenvalue weighted by Gasteiger charge is 2.28. The first-order valence-corrected chi connectivity index (χ1v) is 7.95. The number of nitrogens with one attached hydrogen (secondary N) is 1. The zero-order chi connectivity index (χ0) is 14.7. The average Bonchev–Trinajstić information content (AvgIpc) is 2.95. The van der Waals surface area contributed by atoms with Crippen LogP contribution in [0.2, 0.25) is 0 Å². The highest BCUT2D eigenvalue weighted by atomic mass is 16.5. The molecular weight excluding hydrogens is 266 g/mol. The van der Waals surface area contributed by atoms with Gasteiger partial charge in [0.25, 0.3) is 0 Å². The molecule has 1 heterocycles. The maximum Gasteiger partial charge on any atom is 0.308 e. The van der Waals surface area contributed by atoms with E-state index in [2.05, 4.69) is 17.4 Å². The number of ether oxygens (including phenoxy) is 2. The Labute approximate surface area is 125 Å². The summed E-state index contributed by atoms with van der Waals surface area (Å²) in [6.45, 7) is 3.12. The highest BCUT2D eigenvalue weighted by molar-refractivity contribution is 5.72. The summed E-state index contributed by atoms with van der Waals surface area (Å²) in [5.74, 6) is 1.02. The Balaban J connectivity index is 1.61. The Morgan fingerprint density at radius 1 is 1.43 bits per heavy atom. The molecule has 1 aromatic carbocycles. The second kappa shape index (κ2) is 6.37. The van der Waals surface area contributed by atoms with E-state index in [4.69, 9.17) is 9.47 Å². The van der Waals surface area contributed by atoms with Crippen LogP contribution in [0.1, 0.15) is 38.2 Å². The maximum absolute atomic E-state index is 11.9. The van der Waals surface area contributed by atoms with Gasteiger partial charge in [0, 0.05) is 18.2 Å². The van der Waals surface area contributed by atoms with Crippen molar-refractivity contribution in [1.82, 2.24) is 0 Å². The van der Waals surface area contributed by atoms with Gasteiger partial charge in [0.05, 0.1) is 19.1 Å². The molecule has 0 amide bonds. The summed E-state index contributed by atoms with van der Waals surface area (Å²) >= 11 is 0. The summed E-state index contributed by atoms with van der Waals surface area (Å²) in [5.41, 5.74) is 2.41. The van der Waals surface area contributed by atoms with E-state index in [-0.39, 0.29) is 11.9 Å². The quantitative estimate of drug-likeness (QED) is 0.865. The summed E-state index contributed by atoms with van der Waals surface area (Å²) in [6, 6.07) is 6.64. The van der Waals surface area contributed by atoms with Gasteiger partial charge in [-0.2, -0.15) is 0 Å². The van der Waals surface area contributed by atoms with Gasteiger partial charge in [-0.25, -0.2) is 0 Å². The number of rotatable bonds is 4. The first-order valence-electron chi connectivity index (χ1n) is 7.95. The van der Waals surface area contributed by atoms with Crippen molar-refractivity contribution < 1.29 is 14.3 Å². The van der Waals surface area contributed by atoms with E-state index >= 15 is 0 Å². The fourth-order valence-corrected chi connectivity index (χ4v) is 3.31. The predicted octanol–water partition coefficient (Wildman–Crippen LogP) is 3.16. The zero-order valence-corrected chi connectivity index (χ0v) is 12.6. The molecular formula is C17H23NO3. The van der Waals surface area contributed by atoms with Gasteiger partial charge in [-0.15, -0.1) is 0 Å². The monoisotopic (exact) mass is 289 g/mol. The number of esters is 1. The molecule has 1 N–H and O–H groups in total. The van der Waals surface area contributed by atoms with Gasteiger partial charge in [-0.1, -0.05) is 6.42 Å². The Bertz CT molecular complexity index is 515. The van der Waals surface area contributed by atoms with Crippen molar-refractivity contribution in [3.63, 3.8) is 0 Å². The van der Waals surface area contributed by atoms with Crippen LogP contribution in [0.25, 0.3) is 0 Å². The third-order valence-corrected chi connectivity index (χ3v) is 4.35. The van der Waals surface area contributed by atoms with Gasteiger partial charge < -0.3 is 14.8 Å². The van der Waals surface area contributed by atoms with Crippen LogP contribution < -0.4 is 10.1 Å². The topological polar surface area (TPSA) is 47.6 Å². The van der Waals surface area contributed by atoms with Crippen molar-refractivity contribution in [2.45, 2.75) is 45.1 Å². The van der Waals surface area contributed by atoms with E-state index in [0.29, 0.717) is 12.6 Å². The summed E-state index contributed by atoms with van der Waals surface area (Å²) in [5, 5.41) is 3.57. The van der Waals surface area contributed by atoms with Gasteiger partial charge in [0.2, 0.25) is 0 Å². The largest absolute Gasteiger partial charge is 0.493 e. The van der Waals surface area contributed by atoms with Crippen LogP contribution in [0.15, 0.2) is 18.2 Å². The van der Waals surface area contributed by atoms with Gasteiger partial charge in [-0.3, -0.25) is 4.79 Å². The molecule has 0 spiro atoms. The molecule has 114 valence electrons. The molecule has 21 heavy (non-hydrogen) atoms. The normalized spacial score (nSPS) is 24.0. The molecule has 3 rings (SSSR count). The SMILES string of the molecule is CCOC(=O)C1CCCC(Nc2ccc3c(c2)CCO3)C1. The van der Waals surface area contributed by atoms with E-state index < -0.39 is 0 Å². The molecule has 4 nitrogen and oxygen atoms in total. The second-order valence-corrected chi connectivity index (χ2v) is 5.88. The Hall–Kier alpha value is -1.71. The molecule has 1 aliphatic heterocycles. The van der Waals surface area contributed by atoms with Crippen LogP contribution >= 0.6 is 0 Å². The number of benzene rings is 1. The molecule has 0 saturated heterocycles. The van der Waals surface area contributed by atoms with Crippen LogP contribution in [0.3, 0.4) is 0 Å². The third kappa shape index (κ3) is 3.31. The lowest BCUT2D eigenvalue weighted by molar-refractivity contribution is -0.149. The number of fused-ring (bicyclic) bond motifs is 1. The molecule has 2 atom stereocenters. The van der Waals surface area contributed by atoms with Crippen LogP contribution in [0.5, 0.6) is 5.75 Å². The van der Waals surface area contributed by atoms with Crippen molar-refractivity contribution in [1.29, 1.82) is 0 Å². The number of carbonyl (C=O) groups is 1. The molecule has 4 heteroatoms. The number of hydrogen-bond acceptors (Lipinski definition) is 4. The molecule has 1 aliphatic carbocycles. The van der Waals surface area contributed by atoms with Crippen LogP contribution in [0, 0.1) is 5.92 Å². The highest BCUT2D eigenvalue weighted by Crippen LogP contribution is 2.31. The van der Waals surface area contributed by atoms with E-state index in [1.54, 1.807) is 0 Å². The number of hydrogen-bond donors (Lipinski definition) is 1. The molecule has 0 radical (unpaired) electrons. The summed E-state index contributed by atoms with van der Waals surface area (Å²) < 4.78 is 10.7. The van der Waals surface area contributed by atoms with Crippen molar-refractivity contribution >= 4 is 11.7 Å². The Morgan fingerprint density at radius 3 is 3.19 bits per heavy atom. The summed E-state index contributed by atoms with van der Waals surface area (Å²) in [4.78, 5) is 11.9. The first kappa shape index (κ1) is 14.2. The lowest BCUT2D eigenvalue weighted by Crippen LogP contribution is -2.32. The van der Waals surface area contributed by atoms with Gasteiger partial charge in [0.15, 0.2) is 0 Å². The lowest BCUT2D eigenvalue weighted by atomic mass is 9.85. The Kier molecular flexibility index (Phi) is 4.32. The fourth-order valence-electron chi connectivity index (χ4n) is 3.31. The van der Waals surface area contributed by atoms with Crippen molar-refractivity contribution in [2.24, 2.45) is 5.92 Å². The van der Waals surface area contributed by atoms with Crippen molar-refractivity contribution in [3.05, 3.63) is 23.8 Å². The minimum Gasteiger partial charge on any atom is -0.493 e. The predicted molar refractivity (Wildman–Crippen MR) is 81.6 cm³/mol. The third-order valence-electron chi connectivity index (χ3n) is 4.35. The smallest absolute Gasteiger partial charge is 0.308 e. The fraction of sp³-hybridized carbons (Fsp3) is 0.588. The van der Waals surface area contributed by atoms with Crippen LogP contribution in [-0.2, 0) is 16.0 Å². The molecule has 0 aromatic heterocycles. The molecule has 2 unspecified atom stereocenters. The van der Waals surface area contributed by atoms with E-state index in [9.17, 15) is 4.79 Å². The molecule has 2 aliphatic rings. The van der Waals surface area contributed by atoms with Gasteiger partial charge in [-0.05, 0) is 49.9 Å². The Morgan fingerprint density at radius 2 is 2.33 bits per heavy atom. The molecule has 1 aromatic rings. The molecule has 1 saturated carbocycles.